The van der Waals surface area contributed by atoms with Crippen molar-refractivity contribution in [3.05, 3.63) is 35.1 Å². The number of nitrogens with two attached hydrogens (primary N) is 1. The van der Waals surface area contributed by atoms with Crippen LogP contribution in [0.2, 0.25) is 0 Å². The summed E-state index contributed by atoms with van der Waals surface area (Å²) in [6, 6.07) is 4.83. The highest BCUT2D eigenvalue weighted by Crippen LogP contribution is 2.17. The van der Waals surface area contributed by atoms with Crippen molar-refractivity contribution in [3.8, 4) is 0 Å². The van der Waals surface area contributed by atoms with Gasteiger partial charge >= 0.3 is 0 Å². The van der Waals surface area contributed by atoms with Crippen LogP contribution in [0.4, 0.5) is 4.39 Å². The monoisotopic (exact) mass is 199 g/mol. The standard InChI is InChI=1S/C10H14FNS/c1-2-13-7-8-3-4-10(11)5-9(8)6-12/h3-5H,2,6-7,12H2,1H3. The van der Waals surface area contributed by atoms with Gasteiger partial charge in [0.2, 0.25) is 0 Å². The molecular weight excluding hydrogens is 185 g/mol. The van der Waals surface area contributed by atoms with Crippen LogP contribution in [0, 0.1) is 5.82 Å². The van der Waals surface area contributed by atoms with Gasteiger partial charge in [0.15, 0.2) is 0 Å². The molecule has 1 rings (SSSR count). The van der Waals surface area contributed by atoms with E-state index in [2.05, 4.69) is 6.92 Å². The van der Waals surface area contributed by atoms with Gasteiger partial charge in [-0.05, 0) is 29.0 Å². The van der Waals surface area contributed by atoms with Crippen LogP contribution in [0.15, 0.2) is 18.2 Å². The molecule has 0 aromatic heterocycles. The molecule has 13 heavy (non-hydrogen) atoms. The Hall–Kier alpha value is -0.540. The summed E-state index contributed by atoms with van der Waals surface area (Å²) in [6.07, 6.45) is 0. The number of halogens is 1. The second-order valence-corrected chi connectivity index (χ2v) is 4.03. The molecule has 1 aromatic rings. The molecule has 0 aliphatic heterocycles. The van der Waals surface area contributed by atoms with Crippen LogP contribution in [0.5, 0.6) is 0 Å². The molecule has 0 spiro atoms. The van der Waals surface area contributed by atoms with Crippen LogP contribution in [0.1, 0.15) is 18.1 Å². The van der Waals surface area contributed by atoms with E-state index in [0.29, 0.717) is 6.54 Å². The van der Waals surface area contributed by atoms with Crippen LogP contribution in [-0.4, -0.2) is 5.75 Å². The first-order valence-corrected chi connectivity index (χ1v) is 5.48. The lowest BCUT2D eigenvalue weighted by Gasteiger charge is -2.06. The van der Waals surface area contributed by atoms with E-state index < -0.39 is 0 Å². The van der Waals surface area contributed by atoms with E-state index in [1.54, 1.807) is 0 Å². The zero-order valence-corrected chi connectivity index (χ0v) is 8.53. The average Bonchev–Trinajstić information content (AvgIpc) is 2.16. The summed E-state index contributed by atoms with van der Waals surface area (Å²) >= 11 is 1.82. The SMILES string of the molecule is CCSCc1ccc(F)cc1CN. The molecule has 2 N–H and O–H groups in total. The molecule has 0 unspecified atom stereocenters. The minimum Gasteiger partial charge on any atom is -0.326 e. The molecule has 72 valence electrons. The van der Waals surface area contributed by atoms with Crippen molar-refractivity contribution >= 4 is 11.8 Å². The highest BCUT2D eigenvalue weighted by atomic mass is 32.2. The zero-order valence-electron chi connectivity index (χ0n) is 7.72. The molecular formula is C10H14FNS. The fourth-order valence-electron chi connectivity index (χ4n) is 1.14. The zero-order chi connectivity index (χ0) is 9.68. The molecule has 0 radical (unpaired) electrons. The summed E-state index contributed by atoms with van der Waals surface area (Å²) in [5, 5.41) is 0. The van der Waals surface area contributed by atoms with Crippen LogP contribution < -0.4 is 5.73 Å². The van der Waals surface area contributed by atoms with Gasteiger partial charge in [-0.25, -0.2) is 4.39 Å². The molecule has 0 aliphatic rings. The molecule has 1 nitrogen and oxygen atoms in total. The van der Waals surface area contributed by atoms with Crippen LogP contribution in [-0.2, 0) is 12.3 Å². The third-order valence-corrected chi connectivity index (χ3v) is 2.77. The van der Waals surface area contributed by atoms with Crippen molar-refractivity contribution in [2.45, 2.75) is 19.2 Å². The van der Waals surface area contributed by atoms with E-state index in [4.69, 9.17) is 5.73 Å². The van der Waals surface area contributed by atoms with Gasteiger partial charge < -0.3 is 5.73 Å². The smallest absolute Gasteiger partial charge is 0.123 e. The van der Waals surface area contributed by atoms with Gasteiger partial charge in [-0.2, -0.15) is 11.8 Å². The summed E-state index contributed by atoms with van der Waals surface area (Å²) in [6.45, 7) is 2.52. The molecule has 3 heteroatoms. The number of hydrogen-bond donors (Lipinski definition) is 1. The van der Waals surface area contributed by atoms with Crippen molar-refractivity contribution in [3.63, 3.8) is 0 Å². The Bertz CT molecular complexity index is 276. The molecule has 0 bridgehead atoms. The number of rotatable bonds is 4. The lowest BCUT2D eigenvalue weighted by atomic mass is 10.1. The Morgan fingerprint density at radius 1 is 1.38 bits per heavy atom. The molecule has 0 fully saturated rings. The van der Waals surface area contributed by atoms with Crippen LogP contribution in [0.25, 0.3) is 0 Å². The summed E-state index contributed by atoms with van der Waals surface area (Å²) in [5.41, 5.74) is 7.58. The van der Waals surface area contributed by atoms with Gasteiger partial charge in [0.05, 0.1) is 0 Å². The maximum Gasteiger partial charge on any atom is 0.123 e. The van der Waals surface area contributed by atoms with Gasteiger partial charge in [0.1, 0.15) is 5.82 Å². The van der Waals surface area contributed by atoms with E-state index in [1.165, 1.54) is 12.1 Å². The fraction of sp³-hybridized carbons (Fsp3) is 0.400. The molecule has 0 amide bonds. The maximum atomic E-state index is 12.8. The summed E-state index contributed by atoms with van der Waals surface area (Å²) in [5.74, 6) is 1.79. The minimum absolute atomic E-state index is 0.203. The summed E-state index contributed by atoms with van der Waals surface area (Å²) in [4.78, 5) is 0. The first kappa shape index (κ1) is 10.5. The van der Waals surface area contributed by atoms with Crippen LogP contribution >= 0.6 is 11.8 Å². The first-order chi connectivity index (χ1) is 6.27. The predicted molar refractivity (Wildman–Crippen MR) is 56.1 cm³/mol. The number of benzene rings is 1. The molecule has 1 aromatic carbocycles. The Labute approximate surface area is 82.5 Å². The molecule has 0 atom stereocenters. The van der Waals surface area contributed by atoms with Gasteiger partial charge in [0.25, 0.3) is 0 Å². The molecule has 0 heterocycles. The van der Waals surface area contributed by atoms with Gasteiger partial charge in [0, 0.05) is 12.3 Å². The third-order valence-electron chi connectivity index (χ3n) is 1.85. The highest BCUT2D eigenvalue weighted by molar-refractivity contribution is 7.98. The average molecular weight is 199 g/mol. The van der Waals surface area contributed by atoms with Gasteiger partial charge in [-0.1, -0.05) is 13.0 Å². The Kier molecular flexibility index (Phi) is 4.25. The molecule has 0 saturated heterocycles. The molecule has 0 aliphatic carbocycles. The Morgan fingerprint density at radius 2 is 2.15 bits per heavy atom. The van der Waals surface area contributed by atoms with Crippen molar-refractivity contribution in [2.24, 2.45) is 5.73 Å². The van der Waals surface area contributed by atoms with E-state index in [-0.39, 0.29) is 5.82 Å². The Balaban J connectivity index is 2.79. The predicted octanol–water partition coefficient (Wildman–Crippen LogP) is 2.54. The van der Waals surface area contributed by atoms with Crippen LogP contribution in [0.3, 0.4) is 0 Å². The van der Waals surface area contributed by atoms with Gasteiger partial charge in [-0.3, -0.25) is 0 Å². The topological polar surface area (TPSA) is 26.0 Å². The fourth-order valence-corrected chi connectivity index (χ4v) is 1.84. The quantitative estimate of drug-likeness (QED) is 0.806. The highest BCUT2D eigenvalue weighted by Gasteiger charge is 2.01. The first-order valence-electron chi connectivity index (χ1n) is 4.33. The summed E-state index contributed by atoms with van der Waals surface area (Å²) < 4.78 is 12.8. The number of thioether (sulfide) groups is 1. The van der Waals surface area contributed by atoms with Gasteiger partial charge in [-0.15, -0.1) is 0 Å². The van der Waals surface area contributed by atoms with E-state index in [9.17, 15) is 4.39 Å². The Morgan fingerprint density at radius 3 is 2.77 bits per heavy atom. The summed E-state index contributed by atoms with van der Waals surface area (Å²) in [7, 11) is 0. The lowest BCUT2D eigenvalue weighted by Crippen LogP contribution is -2.01. The number of hydrogen-bond acceptors (Lipinski definition) is 2. The van der Waals surface area contributed by atoms with Crippen molar-refractivity contribution in [1.82, 2.24) is 0 Å². The lowest BCUT2D eigenvalue weighted by molar-refractivity contribution is 0.624. The second kappa shape index (κ2) is 5.25. The van der Waals surface area contributed by atoms with E-state index in [1.807, 2.05) is 17.8 Å². The largest absolute Gasteiger partial charge is 0.326 e. The van der Waals surface area contributed by atoms with E-state index in [0.717, 1.165) is 22.6 Å². The normalized spacial score (nSPS) is 10.4. The van der Waals surface area contributed by atoms with Crippen molar-refractivity contribution < 1.29 is 4.39 Å². The van der Waals surface area contributed by atoms with Crippen molar-refractivity contribution in [1.29, 1.82) is 0 Å². The minimum atomic E-state index is -0.203. The third kappa shape index (κ3) is 3.01. The van der Waals surface area contributed by atoms with E-state index >= 15 is 0 Å². The maximum absolute atomic E-state index is 12.8. The van der Waals surface area contributed by atoms with Crippen molar-refractivity contribution in [2.75, 3.05) is 5.75 Å². The molecule has 0 saturated carbocycles. The second-order valence-electron chi connectivity index (χ2n) is 2.75.